The topological polar surface area (TPSA) is 46.4 Å². The molecule has 0 aliphatic heterocycles. The van der Waals surface area contributed by atoms with E-state index in [1.54, 1.807) is 0 Å². The average molecular weight is 293 g/mol. The lowest BCUT2D eigenvalue weighted by Gasteiger charge is -2.10. The van der Waals surface area contributed by atoms with E-state index in [0.29, 0.717) is 5.69 Å². The maximum absolute atomic E-state index is 12.7. The standard InChI is InChI=1S/C18H19N3O/c1-4-14-7-5-6-8-15(14)20-18(22)17-13(3)19-16-10-9-12(2)11-21(16)17/h5-11H,4H2,1-3H3,(H,20,22). The van der Waals surface area contributed by atoms with Crippen LogP contribution < -0.4 is 5.32 Å². The largest absolute Gasteiger partial charge is 0.320 e. The number of para-hydroxylation sites is 1. The van der Waals surface area contributed by atoms with Gasteiger partial charge in [-0.3, -0.25) is 9.20 Å². The molecule has 0 aliphatic rings. The molecule has 0 radical (unpaired) electrons. The van der Waals surface area contributed by atoms with Crippen molar-refractivity contribution in [2.45, 2.75) is 27.2 Å². The van der Waals surface area contributed by atoms with Crippen LogP contribution in [0.15, 0.2) is 42.6 Å². The molecule has 0 aliphatic carbocycles. The van der Waals surface area contributed by atoms with Crippen LogP contribution in [0.1, 0.15) is 34.2 Å². The number of carbonyl (C=O) groups excluding carboxylic acids is 1. The van der Waals surface area contributed by atoms with Gasteiger partial charge in [0.25, 0.3) is 5.91 Å². The van der Waals surface area contributed by atoms with Gasteiger partial charge in [0.15, 0.2) is 0 Å². The van der Waals surface area contributed by atoms with Crippen molar-refractivity contribution in [1.82, 2.24) is 9.38 Å². The number of rotatable bonds is 3. The number of amides is 1. The van der Waals surface area contributed by atoms with E-state index in [0.717, 1.165) is 34.6 Å². The number of carbonyl (C=O) groups is 1. The van der Waals surface area contributed by atoms with E-state index in [2.05, 4.69) is 17.2 Å². The Morgan fingerprint density at radius 2 is 1.95 bits per heavy atom. The lowest BCUT2D eigenvalue weighted by molar-refractivity contribution is 0.102. The second kappa shape index (κ2) is 5.64. The fourth-order valence-electron chi connectivity index (χ4n) is 2.67. The molecule has 0 fully saturated rings. The second-order valence-corrected chi connectivity index (χ2v) is 5.45. The molecule has 0 unspecified atom stereocenters. The van der Waals surface area contributed by atoms with Gasteiger partial charge in [-0.25, -0.2) is 4.98 Å². The van der Waals surface area contributed by atoms with E-state index in [9.17, 15) is 4.79 Å². The Labute approximate surface area is 129 Å². The number of nitrogens with zero attached hydrogens (tertiary/aromatic N) is 2. The van der Waals surface area contributed by atoms with Crippen molar-refractivity contribution in [2.75, 3.05) is 5.32 Å². The molecular formula is C18H19N3O. The maximum atomic E-state index is 12.7. The molecule has 1 N–H and O–H groups in total. The van der Waals surface area contributed by atoms with Crippen LogP contribution in [-0.4, -0.2) is 15.3 Å². The first-order valence-corrected chi connectivity index (χ1v) is 7.44. The van der Waals surface area contributed by atoms with Crippen LogP contribution in [0.25, 0.3) is 5.65 Å². The summed E-state index contributed by atoms with van der Waals surface area (Å²) >= 11 is 0. The SMILES string of the molecule is CCc1ccccc1NC(=O)c1c(C)nc2ccc(C)cn12. The highest BCUT2D eigenvalue weighted by Crippen LogP contribution is 2.19. The molecule has 0 saturated carbocycles. The number of hydrogen-bond donors (Lipinski definition) is 1. The zero-order valence-electron chi connectivity index (χ0n) is 13.1. The van der Waals surface area contributed by atoms with E-state index in [4.69, 9.17) is 0 Å². The summed E-state index contributed by atoms with van der Waals surface area (Å²) < 4.78 is 1.86. The number of hydrogen-bond acceptors (Lipinski definition) is 2. The highest BCUT2D eigenvalue weighted by Gasteiger charge is 2.17. The van der Waals surface area contributed by atoms with Gasteiger partial charge in [-0.05, 0) is 43.5 Å². The molecule has 0 bridgehead atoms. The molecule has 2 aromatic heterocycles. The molecule has 112 valence electrons. The quantitative estimate of drug-likeness (QED) is 0.799. The normalized spacial score (nSPS) is 10.9. The highest BCUT2D eigenvalue weighted by molar-refractivity contribution is 6.04. The Morgan fingerprint density at radius 3 is 2.73 bits per heavy atom. The van der Waals surface area contributed by atoms with Crippen LogP contribution >= 0.6 is 0 Å². The Bertz CT molecular complexity index is 849. The maximum Gasteiger partial charge on any atom is 0.274 e. The third-order valence-corrected chi connectivity index (χ3v) is 3.80. The van der Waals surface area contributed by atoms with Gasteiger partial charge in [0.1, 0.15) is 11.3 Å². The summed E-state index contributed by atoms with van der Waals surface area (Å²) in [5.41, 5.74) is 5.18. The molecule has 4 heteroatoms. The van der Waals surface area contributed by atoms with Crippen LogP contribution in [0, 0.1) is 13.8 Å². The Morgan fingerprint density at radius 1 is 1.18 bits per heavy atom. The molecule has 0 saturated heterocycles. The molecular weight excluding hydrogens is 274 g/mol. The minimum atomic E-state index is -0.128. The average Bonchev–Trinajstić information content (AvgIpc) is 2.83. The Kier molecular flexibility index (Phi) is 3.67. The molecule has 3 rings (SSSR count). The van der Waals surface area contributed by atoms with Crippen molar-refractivity contribution in [1.29, 1.82) is 0 Å². The fraction of sp³-hybridized carbons (Fsp3) is 0.222. The molecule has 1 aromatic carbocycles. The van der Waals surface area contributed by atoms with E-state index in [1.165, 1.54) is 0 Å². The third-order valence-electron chi connectivity index (χ3n) is 3.80. The molecule has 4 nitrogen and oxygen atoms in total. The molecule has 0 atom stereocenters. The Balaban J connectivity index is 2.02. The Hall–Kier alpha value is -2.62. The highest BCUT2D eigenvalue weighted by atomic mass is 16.2. The fourth-order valence-corrected chi connectivity index (χ4v) is 2.67. The van der Waals surface area contributed by atoms with Gasteiger partial charge >= 0.3 is 0 Å². The second-order valence-electron chi connectivity index (χ2n) is 5.45. The summed E-state index contributed by atoms with van der Waals surface area (Å²) in [5.74, 6) is -0.128. The van der Waals surface area contributed by atoms with Crippen molar-refractivity contribution in [3.05, 3.63) is 65.1 Å². The van der Waals surface area contributed by atoms with Crippen LogP contribution in [0.4, 0.5) is 5.69 Å². The van der Waals surface area contributed by atoms with Gasteiger partial charge in [0.2, 0.25) is 0 Å². The van der Waals surface area contributed by atoms with E-state index < -0.39 is 0 Å². The van der Waals surface area contributed by atoms with Crippen molar-refractivity contribution < 1.29 is 4.79 Å². The summed E-state index contributed by atoms with van der Waals surface area (Å²) in [7, 11) is 0. The lowest BCUT2D eigenvalue weighted by atomic mass is 10.1. The lowest BCUT2D eigenvalue weighted by Crippen LogP contribution is -2.16. The molecule has 2 heterocycles. The zero-order chi connectivity index (χ0) is 15.7. The van der Waals surface area contributed by atoms with Gasteiger partial charge in [-0.15, -0.1) is 0 Å². The molecule has 22 heavy (non-hydrogen) atoms. The zero-order valence-corrected chi connectivity index (χ0v) is 13.1. The van der Waals surface area contributed by atoms with Gasteiger partial charge in [0.05, 0.1) is 5.69 Å². The number of imidazole rings is 1. The van der Waals surface area contributed by atoms with Crippen LogP contribution in [-0.2, 0) is 6.42 Å². The van der Waals surface area contributed by atoms with E-state index in [1.807, 2.05) is 60.8 Å². The molecule has 0 spiro atoms. The van der Waals surface area contributed by atoms with Gasteiger partial charge in [0, 0.05) is 11.9 Å². The number of pyridine rings is 1. The number of fused-ring (bicyclic) bond motifs is 1. The van der Waals surface area contributed by atoms with Crippen molar-refractivity contribution in [3.8, 4) is 0 Å². The van der Waals surface area contributed by atoms with Crippen molar-refractivity contribution in [3.63, 3.8) is 0 Å². The van der Waals surface area contributed by atoms with Crippen LogP contribution in [0.2, 0.25) is 0 Å². The first-order valence-electron chi connectivity index (χ1n) is 7.44. The minimum Gasteiger partial charge on any atom is -0.320 e. The summed E-state index contributed by atoms with van der Waals surface area (Å²) in [6, 6.07) is 11.8. The number of benzene rings is 1. The third kappa shape index (κ3) is 2.48. The number of aryl methyl sites for hydroxylation is 3. The number of anilines is 1. The van der Waals surface area contributed by atoms with E-state index >= 15 is 0 Å². The summed E-state index contributed by atoms with van der Waals surface area (Å²) in [6.45, 7) is 5.94. The summed E-state index contributed by atoms with van der Waals surface area (Å²) in [5, 5.41) is 3.02. The van der Waals surface area contributed by atoms with Gasteiger partial charge in [-0.1, -0.05) is 31.2 Å². The predicted octanol–water partition coefficient (Wildman–Crippen LogP) is 3.77. The van der Waals surface area contributed by atoms with Crippen LogP contribution in [0.5, 0.6) is 0 Å². The van der Waals surface area contributed by atoms with E-state index in [-0.39, 0.29) is 5.91 Å². The number of nitrogens with one attached hydrogen (secondary N) is 1. The molecule has 3 aromatic rings. The number of aromatic nitrogens is 2. The van der Waals surface area contributed by atoms with Crippen molar-refractivity contribution in [2.24, 2.45) is 0 Å². The predicted molar refractivity (Wildman–Crippen MR) is 88.4 cm³/mol. The monoisotopic (exact) mass is 293 g/mol. The molecule has 1 amide bonds. The van der Waals surface area contributed by atoms with Gasteiger partial charge < -0.3 is 5.32 Å². The first-order chi connectivity index (χ1) is 10.6. The smallest absolute Gasteiger partial charge is 0.274 e. The van der Waals surface area contributed by atoms with Crippen LogP contribution in [0.3, 0.4) is 0 Å². The summed E-state index contributed by atoms with van der Waals surface area (Å²) in [6.07, 6.45) is 2.82. The minimum absolute atomic E-state index is 0.128. The summed E-state index contributed by atoms with van der Waals surface area (Å²) in [4.78, 5) is 17.2. The van der Waals surface area contributed by atoms with Gasteiger partial charge in [-0.2, -0.15) is 0 Å². The first kappa shape index (κ1) is 14.3. The van der Waals surface area contributed by atoms with Crippen molar-refractivity contribution >= 4 is 17.2 Å².